The molecule has 0 N–H and O–H groups in total. The highest BCUT2D eigenvalue weighted by Crippen LogP contribution is 2.35. The highest BCUT2D eigenvalue weighted by Gasteiger charge is 2.19. The third-order valence-corrected chi connectivity index (χ3v) is 3.73. The predicted octanol–water partition coefficient (Wildman–Crippen LogP) is 4.78. The molecule has 0 aromatic heterocycles. The van der Waals surface area contributed by atoms with Gasteiger partial charge in [-0.15, -0.1) is 11.6 Å². The number of alkyl halides is 1. The van der Waals surface area contributed by atoms with E-state index in [0.29, 0.717) is 11.3 Å². The quantitative estimate of drug-likeness (QED) is 0.734. The molecule has 3 heteroatoms. The Balaban J connectivity index is 2.47. The second kappa shape index (κ2) is 5.62. The van der Waals surface area contributed by atoms with E-state index in [1.807, 2.05) is 32.0 Å². The van der Waals surface area contributed by atoms with Crippen molar-refractivity contribution in [3.63, 3.8) is 0 Å². The van der Waals surface area contributed by atoms with Crippen LogP contribution in [0.15, 0.2) is 36.4 Å². The van der Waals surface area contributed by atoms with Crippen molar-refractivity contribution < 1.29 is 9.13 Å². The molecule has 2 aromatic carbocycles. The first kappa shape index (κ1) is 13.9. The molecule has 0 aliphatic rings. The number of rotatable bonds is 3. The zero-order chi connectivity index (χ0) is 14.0. The molecular weight excluding hydrogens is 263 g/mol. The number of aryl methyl sites for hydroxylation is 2. The lowest BCUT2D eigenvalue weighted by molar-refractivity contribution is 0.410. The number of halogens is 2. The molecule has 0 heterocycles. The molecule has 100 valence electrons. The van der Waals surface area contributed by atoms with Crippen molar-refractivity contribution in [2.75, 3.05) is 7.11 Å². The van der Waals surface area contributed by atoms with Crippen LogP contribution in [0.4, 0.5) is 4.39 Å². The number of hydrogen-bond acceptors (Lipinski definition) is 1. The molecule has 19 heavy (non-hydrogen) atoms. The third-order valence-electron chi connectivity index (χ3n) is 3.28. The average molecular weight is 279 g/mol. The minimum absolute atomic E-state index is 0.345. The molecule has 0 bridgehead atoms. The van der Waals surface area contributed by atoms with Gasteiger partial charge in [-0.1, -0.05) is 24.3 Å². The van der Waals surface area contributed by atoms with Gasteiger partial charge < -0.3 is 4.74 Å². The van der Waals surface area contributed by atoms with Crippen molar-refractivity contribution in [3.05, 3.63) is 64.5 Å². The summed E-state index contributed by atoms with van der Waals surface area (Å²) in [6.07, 6.45) is 0. The number of ether oxygens (including phenoxy) is 1. The normalized spacial score (nSPS) is 12.3. The van der Waals surface area contributed by atoms with E-state index in [4.69, 9.17) is 16.3 Å². The first-order valence-electron chi connectivity index (χ1n) is 6.08. The lowest BCUT2D eigenvalue weighted by atomic mass is 9.95. The molecule has 0 aliphatic carbocycles. The van der Waals surface area contributed by atoms with Gasteiger partial charge in [-0.3, -0.25) is 0 Å². The fourth-order valence-corrected chi connectivity index (χ4v) is 2.74. The smallest absolute Gasteiger partial charge is 0.131 e. The third kappa shape index (κ3) is 2.74. The Morgan fingerprint density at radius 3 is 2.26 bits per heavy atom. The summed E-state index contributed by atoms with van der Waals surface area (Å²) in [5.74, 6) is 0.147. The molecule has 1 nitrogen and oxygen atoms in total. The van der Waals surface area contributed by atoms with Crippen LogP contribution in [-0.2, 0) is 0 Å². The van der Waals surface area contributed by atoms with Crippen LogP contribution < -0.4 is 4.74 Å². The van der Waals surface area contributed by atoms with Crippen molar-refractivity contribution in [2.24, 2.45) is 0 Å². The van der Waals surface area contributed by atoms with E-state index < -0.39 is 5.38 Å². The van der Waals surface area contributed by atoms with Crippen LogP contribution in [0.3, 0.4) is 0 Å². The molecule has 0 saturated heterocycles. The summed E-state index contributed by atoms with van der Waals surface area (Å²) in [5.41, 5.74) is 3.57. The Morgan fingerprint density at radius 1 is 1.11 bits per heavy atom. The van der Waals surface area contributed by atoms with Gasteiger partial charge in [0.15, 0.2) is 0 Å². The molecule has 0 spiro atoms. The second-order valence-corrected chi connectivity index (χ2v) is 4.99. The van der Waals surface area contributed by atoms with Crippen molar-refractivity contribution >= 4 is 11.6 Å². The van der Waals surface area contributed by atoms with E-state index in [-0.39, 0.29) is 5.82 Å². The molecule has 0 radical (unpaired) electrons. The van der Waals surface area contributed by atoms with E-state index in [1.54, 1.807) is 12.1 Å². The molecule has 2 rings (SSSR count). The SMILES string of the molecule is COc1ccc(C(Cl)c2c(C)cccc2C)c(F)c1. The van der Waals surface area contributed by atoms with E-state index in [1.165, 1.54) is 13.2 Å². The van der Waals surface area contributed by atoms with E-state index in [2.05, 4.69) is 0 Å². The largest absolute Gasteiger partial charge is 0.497 e. The average Bonchev–Trinajstić information content (AvgIpc) is 2.38. The van der Waals surface area contributed by atoms with Crippen molar-refractivity contribution in [2.45, 2.75) is 19.2 Å². The Hall–Kier alpha value is -1.54. The fourth-order valence-electron chi connectivity index (χ4n) is 2.22. The molecule has 0 saturated carbocycles. The summed E-state index contributed by atoms with van der Waals surface area (Å²) in [6.45, 7) is 3.97. The van der Waals surface area contributed by atoms with Crippen molar-refractivity contribution in [1.29, 1.82) is 0 Å². The van der Waals surface area contributed by atoms with Gasteiger partial charge in [0.1, 0.15) is 11.6 Å². The summed E-state index contributed by atoms with van der Waals surface area (Å²) < 4.78 is 19.1. The first-order valence-corrected chi connectivity index (χ1v) is 6.52. The minimum atomic E-state index is -0.493. The summed E-state index contributed by atoms with van der Waals surface area (Å²) in [6, 6.07) is 10.7. The summed E-state index contributed by atoms with van der Waals surface area (Å²) in [5, 5.41) is -0.493. The van der Waals surface area contributed by atoms with Gasteiger partial charge in [0.05, 0.1) is 12.5 Å². The molecule has 1 atom stereocenters. The second-order valence-electron chi connectivity index (χ2n) is 4.56. The lowest BCUT2D eigenvalue weighted by Gasteiger charge is -2.17. The standard InChI is InChI=1S/C16H16ClFO/c1-10-5-4-6-11(2)15(10)16(17)13-8-7-12(19-3)9-14(13)18/h4-9,16H,1-3H3. The minimum Gasteiger partial charge on any atom is -0.497 e. The highest BCUT2D eigenvalue weighted by molar-refractivity contribution is 6.22. The van der Waals surface area contributed by atoms with Crippen molar-refractivity contribution in [3.8, 4) is 5.75 Å². The summed E-state index contributed by atoms with van der Waals surface area (Å²) in [7, 11) is 1.51. The molecule has 1 unspecified atom stereocenters. The molecular formula is C16H16ClFO. The zero-order valence-corrected chi connectivity index (χ0v) is 12.0. The van der Waals surface area contributed by atoms with Crippen LogP contribution in [0.5, 0.6) is 5.75 Å². The fraction of sp³-hybridized carbons (Fsp3) is 0.250. The van der Waals surface area contributed by atoms with Crippen LogP contribution in [0.1, 0.15) is 27.6 Å². The van der Waals surface area contributed by atoms with Gasteiger partial charge in [0, 0.05) is 11.6 Å². The lowest BCUT2D eigenvalue weighted by Crippen LogP contribution is -2.02. The maximum absolute atomic E-state index is 14.1. The van der Waals surface area contributed by atoms with Gasteiger partial charge in [0.2, 0.25) is 0 Å². The maximum Gasteiger partial charge on any atom is 0.131 e. The van der Waals surface area contributed by atoms with Gasteiger partial charge in [-0.25, -0.2) is 4.39 Å². The van der Waals surface area contributed by atoms with Crippen LogP contribution in [0.25, 0.3) is 0 Å². The Labute approximate surface area is 118 Å². The molecule has 0 amide bonds. The molecule has 0 aliphatic heterocycles. The van der Waals surface area contributed by atoms with Gasteiger partial charge in [-0.2, -0.15) is 0 Å². The predicted molar refractivity (Wildman–Crippen MR) is 76.6 cm³/mol. The number of methoxy groups -OCH3 is 1. The van der Waals surface area contributed by atoms with Crippen LogP contribution in [0.2, 0.25) is 0 Å². The van der Waals surface area contributed by atoms with E-state index >= 15 is 0 Å². The molecule has 0 fully saturated rings. The molecule has 2 aromatic rings. The topological polar surface area (TPSA) is 9.23 Å². The Kier molecular flexibility index (Phi) is 4.11. The van der Waals surface area contributed by atoms with Gasteiger partial charge in [-0.05, 0) is 36.6 Å². The van der Waals surface area contributed by atoms with Crippen LogP contribution in [0, 0.1) is 19.7 Å². The van der Waals surface area contributed by atoms with Gasteiger partial charge in [0.25, 0.3) is 0 Å². The van der Waals surface area contributed by atoms with Crippen LogP contribution >= 0.6 is 11.6 Å². The van der Waals surface area contributed by atoms with E-state index in [0.717, 1.165) is 16.7 Å². The van der Waals surface area contributed by atoms with E-state index in [9.17, 15) is 4.39 Å². The highest BCUT2D eigenvalue weighted by atomic mass is 35.5. The van der Waals surface area contributed by atoms with Crippen LogP contribution in [-0.4, -0.2) is 7.11 Å². The number of benzene rings is 2. The summed E-state index contributed by atoms with van der Waals surface area (Å²) in [4.78, 5) is 0. The van der Waals surface area contributed by atoms with Crippen molar-refractivity contribution in [1.82, 2.24) is 0 Å². The van der Waals surface area contributed by atoms with Gasteiger partial charge >= 0.3 is 0 Å². The Bertz CT molecular complexity index is 575. The monoisotopic (exact) mass is 278 g/mol. The maximum atomic E-state index is 14.1. The number of hydrogen-bond donors (Lipinski definition) is 0. The summed E-state index contributed by atoms with van der Waals surface area (Å²) >= 11 is 6.46. The zero-order valence-electron chi connectivity index (χ0n) is 11.2. The first-order chi connectivity index (χ1) is 9.04. The Morgan fingerprint density at radius 2 is 1.74 bits per heavy atom.